The van der Waals surface area contributed by atoms with E-state index in [1.807, 2.05) is 18.2 Å². The highest BCUT2D eigenvalue weighted by Gasteiger charge is 2.29. The van der Waals surface area contributed by atoms with Gasteiger partial charge in [0.25, 0.3) is 0 Å². The van der Waals surface area contributed by atoms with Gasteiger partial charge in [-0.05, 0) is 55.6 Å². The molecule has 6 heteroatoms. The van der Waals surface area contributed by atoms with E-state index in [2.05, 4.69) is 16.3 Å². The van der Waals surface area contributed by atoms with Gasteiger partial charge in [-0.1, -0.05) is 24.3 Å². The van der Waals surface area contributed by atoms with Crippen LogP contribution >= 0.6 is 11.3 Å². The minimum Gasteiger partial charge on any atom is -0.355 e. The molecule has 3 aromatic rings. The van der Waals surface area contributed by atoms with Crippen LogP contribution in [0.15, 0.2) is 48.5 Å². The number of hydrogen-bond acceptors (Lipinski definition) is 4. The van der Waals surface area contributed by atoms with E-state index in [1.54, 1.807) is 23.5 Å². The Hall–Kier alpha value is -2.31. The van der Waals surface area contributed by atoms with Crippen LogP contribution in [0.5, 0.6) is 0 Å². The van der Waals surface area contributed by atoms with Crippen molar-refractivity contribution in [3.05, 3.63) is 64.9 Å². The fourth-order valence-corrected chi connectivity index (χ4v) is 4.70. The van der Waals surface area contributed by atoms with E-state index in [1.165, 1.54) is 16.8 Å². The molecule has 2 heterocycles. The van der Waals surface area contributed by atoms with E-state index in [0.29, 0.717) is 19.5 Å². The number of carbonyl (C=O) groups is 1. The lowest BCUT2D eigenvalue weighted by Gasteiger charge is -2.22. The molecule has 0 bridgehead atoms. The first kappa shape index (κ1) is 18.1. The van der Waals surface area contributed by atoms with Crippen molar-refractivity contribution >= 4 is 27.5 Å². The van der Waals surface area contributed by atoms with Gasteiger partial charge in [-0.15, -0.1) is 11.3 Å². The number of amides is 1. The minimum absolute atomic E-state index is 0.0325. The van der Waals surface area contributed by atoms with E-state index in [4.69, 9.17) is 4.98 Å². The molecule has 140 valence electrons. The number of rotatable bonds is 6. The molecule has 2 aromatic carbocycles. The highest BCUT2D eigenvalue weighted by molar-refractivity contribution is 7.18. The number of hydrogen-bond donors (Lipinski definition) is 1. The Bertz CT molecular complexity index is 892. The zero-order chi connectivity index (χ0) is 18.6. The summed E-state index contributed by atoms with van der Waals surface area (Å²) in [5.74, 6) is -0.206. The molecule has 1 saturated heterocycles. The van der Waals surface area contributed by atoms with E-state index >= 15 is 0 Å². The Balaban J connectivity index is 1.32. The number of likely N-dealkylation sites (tertiary alicyclic amines) is 1. The molecule has 4 nitrogen and oxygen atoms in total. The highest BCUT2D eigenvalue weighted by atomic mass is 32.1. The minimum atomic E-state index is -0.238. The highest BCUT2D eigenvalue weighted by Crippen LogP contribution is 2.36. The van der Waals surface area contributed by atoms with Gasteiger partial charge < -0.3 is 5.32 Å². The summed E-state index contributed by atoms with van der Waals surface area (Å²) < 4.78 is 14.1. The lowest BCUT2D eigenvalue weighted by atomic mass is 10.1. The van der Waals surface area contributed by atoms with Gasteiger partial charge in [0.2, 0.25) is 5.91 Å². The third-order valence-electron chi connectivity index (χ3n) is 4.95. The van der Waals surface area contributed by atoms with Gasteiger partial charge in [-0.25, -0.2) is 9.37 Å². The van der Waals surface area contributed by atoms with E-state index in [0.717, 1.165) is 35.5 Å². The summed E-state index contributed by atoms with van der Waals surface area (Å²) >= 11 is 1.73. The Morgan fingerprint density at radius 3 is 2.85 bits per heavy atom. The van der Waals surface area contributed by atoms with Crippen LogP contribution in [0.4, 0.5) is 4.39 Å². The van der Waals surface area contributed by atoms with Crippen LogP contribution in [0.1, 0.15) is 29.5 Å². The molecule has 1 amide bonds. The van der Waals surface area contributed by atoms with Gasteiger partial charge in [0, 0.05) is 6.54 Å². The summed E-state index contributed by atoms with van der Waals surface area (Å²) in [7, 11) is 0. The van der Waals surface area contributed by atoms with Crippen molar-refractivity contribution in [2.45, 2.75) is 25.3 Å². The molecule has 0 radical (unpaired) electrons. The Morgan fingerprint density at radius 2 is 2.04 bits per heavy atom. The normalized spacial score (nSPS) is 17.4. The Labute approximate surface area is 162 Å². The molecule has 1 atom stereocenters. The number of aromatic nitrogens is 1. The van der Waals surface area contributed by atoms with E-state index < -0.39 is 0 Å². The van der Waals surface area contributed by atoms with Gasteiger partial charge in [-0.3, -0.25) is 9.69 Å². The van der Waals surface area contributed by atoms with Crippen LogP contribution in [-0.4, -0.2) is 35.4 Å². The average Bonchev–Trinajstić information content (AvgIpc) is 3.29. The second-order valence-electron chi connectivity index (χ2n) is 6.87. The fraction of sp³-hybridized carbons (Fsp3) is 0.333. The Morgan fingerprint density at radius 1 is 1.22 bits per heavy atom. The van der Waals surface area contributed by atoms with Crippen molar-refractivity contribution in [2.24, 2.45) is 0 Å². The van der Waals surface area contributed by atoms with Crippen LogP contribution in [-0.2, 0) is 11.2 Å². The molecule has 0 spiro atoms. The second kappa shape index (κ2) is 8.15. The average molecular weight is 383 g/mol. The summed E-state index contributed by atoms with van der Waals surface area (Å²) in [6.07, 6.45) is 2.83. The van der Waals surface area contributed by atoms with Crippen molar-refractivity contribution < 1.29 is 9.18 Å². The van der Waals surface area contributed by atoms with Crippen molar-refractivity contribution in [3.8, 4) is 0 Å². The number of carbonyl (C=O) groups excluding carboxylic acids is 1. The topological polar surface area (TPSA) is 45.2 Å². The maximum absolute atomic E-state index is 12.9. The van der Waals surface area contributed by atoms with Gasteiger partial charge in [0.05, 0.1) is 22.8 Å². The first-order chi connectivity index (χ1) is 13.2. The van der Waals surface area contributed by atoms with Crippen LogP contribution in [0.25, 0.3) is 10.2 Å². The molecular weight excluding hydrogens is 361 g/mol. The summed E-state index contributed by atoms with van der Waals surface area (Å²) in [5.41, 5.74) is 2.05. The van der Waals surface area contributed by atoms with E-state index in [-0.39, 0.29) is 17.8 Å². The van der Waals surface area contributed by atoms with Gasteiger partial charge in [-0.2, -0.15) is 0 Å². The van der Waals surface area contributed by atoms with Gasteiger partial charge in [0.1, 0.15) is 10.8 Å². The standard InChI is InChI=1S/C21H22FN3OS/c22-16-9-7-15(8-10-16)11-12-23-20(26)14-25-13-3-5-18(25)21-24-17-4-1-2-6-19(17)27-21/h1-2,4,6-10,18H,3,5,11-14H2,(H,23,26). The molecule has 1 fully saturated rings. The van der Waals surface area contributed by atoms with Gasteiger partial charge >= 0.3 is 0 Å². The number of fused-ring (bicyclic) bond motifs is 1. The summed E-state index contributed by atoms with van der Waals surface area (Å²) in [4.78, 5) is 19.4. The predicted molar refractivity (Wildman–Crippen MR) is 106 cm³/mol. The molecule has 1 aliphatic heterocycles. The number of thiazole rings is 1. The third-order valence-corrected chi connectivity index (χ3v) is 6.09. The fourth-order valence-electron chi connectivity index (χ4n) is 3.57. The van der Waals surface area contributed by atoms with Crippen LogP contribution in [0.3, 0.4) is 0 Å². The number of halogens is 1. The van der Waals surface area contributed by atoms with Crippen molar-refractivity contribution in [3.63, 3.8) is 0 Å². The van der Waals surface area contributed by atoms with Gasteiger partial charge in [0.15, 0.2) is 0 Å². The molecule has 1 N–H and O–H groups in total. The number of benzene rings is 2. The molecular formula is C21H22FN3OS. The summed E-state index contributed by atoms with van der Waals surface area (Å²) in [5, 5.41) is 4.08. The number of para-hydroxylation sites is 1. The SMILES string of the molecule is O=C(CN1CCCC1c1nc2ccccc2s1)NCCc1ccc(F)cc1. The monoisotopic (exact) mass is 383 g/mol. The lowest BCUT2D eigenvalue weighted by Crippen LogP contribution is -2.37. The predicted octanol–water partition coefficient (Wildman–Crippen LogP) is 3.93. The van der Waals surface area contributed by atoms with Crippen molar-refractivity contribution in [1.29, 1.82) is 0 Å². The smallest absolute Gasteiger partial charge is 0.234 e. The molecule has 27 heavy (non-hydrogen) atoms. The summed E-state index contributed by atoms with van der Waals surface area (Å²) in [6.45, 7) is 1.88. The van der Waals surface area contributed by atoms with Crippen LogP contribution in [0, 0.1) is 5.82 Å². The molecule has 0 saturated carbocycles. The maximum Gasteiger partial charge on any atom is 0.234 e. The zero-order valence-electron chi connectivity index (χ0n) is 15.0. The zero-order valence-corrected chi connectivity index (χ0v) is 15.8. The largest absolute Gasteiger partial charge is 0.355 e. The van der Waals surface area contributed by atoms with Crippen LogP contribution in [0.2, 0.25) is 0 Å². The number of nitrogens with one attached hydrogen (secondary N) is 1. The summed E-state index contributed by atoms with van der Waals surface area (Å²) in [6, 6.07) is 14.8. The molecule has 1 aliphatic rings. The third kappa shape index (κ3) is 4.34. The first-order valence-electron chi connectivity index (χ1n) is 9.30. The molecule has 4 rings (SSSR count). The quantitative estimate of drug-likeness (QED) is 0.701. The van der Waals surface area contributed by atoms with E-state index in [9.17, 15) is 9.18 Å². The molecule has 0 aliphatic carbocycles. The first-order valence-corrected chi connectivity index (χ1v) is 10.1. The molecule has 1 aromatic heterocycles. The van der Waals surface area contributed by atoms with Crippen molar-refractivity contribution in [2.75, 3.05) is 19.6 Å². The Kier molecular flexibility index (Phi) is 5.45. The maximum atomic E-state index is 12.9. The lowest BCUT2D eigenvalue weighted by molar-refractivity contribution is -0.122. The molecule has 1 unspecified atom stereocenters. The number of nitrogens with zero attached hydrogens (tertiary/aromatic N) is 2. The van der Waals surface area contributed by atoms with Crippen molar-refractivity contribution in [1.82, 2.24) is 15.2 Å². The second-order valence-corrected chi connectivity index (χ2v) is 7.94. The van der Waals surface area contributed by atoms with Crippen LogP contribution < -0.4 is 5.32 Å².